The highest BCUT2D eigenvalue weighted by Gasteiger charge is 2.38. The molecule has 3 heterocycles. The van der Waals surface area contributed by atoms with Gasteiger partial charge in [-0.25, -0.2) is 14.4 Å². The molecule has 5 rings (SSSR count). The first-order valence-electron chi connectivity index (χ1n) is 11.6. The van der Waals surface area contributed by atoms with Crippen LogP contribution in [0.3, 0.4) is 0 Å². The number of fused-ring (bicyclic) bond motifs is 2. The normalized spacial score (nSPS) is 13.3. The predicted molar refractivity (Wildman–Crippen MR) is 132 cm³/mol. The molecule has 0 atom stereocenters. The number of imidazole rings is 1. The molecule has 0 amide bonds. The van der Waals surface area contributed by atoms with Gasteiger partial charge in [0.25, 0.3) is 5.56 Å². The summed E-state index contributed by atoms with van der Waals surface area (Å²) in [6.07, 6.45) is -3.65. The van der Waals surface area contributed by atoms with E-state index in [1.807, 2.05) is 0 Å². The van der Waals surface area contributed by atoms with Crippen molar-refractivity contribution in [3.8, 4) is 5.69 Å². The molecule has 1 aliphatic heterocycles. The Kier molecular flexibility index (Phi) is 5.80. The minimum atomic E-state index is -4.62. The maximum Gasteiger partial charge on any atom is 0.416 e. The fourth-order valence-corrected chi connectivity index (χ4v) is 4.82. The Hall–Kier alpha value is -4.55. The number of halogens is 3. The quantitative estimate of drug-likeness (QED) is 0.376. The van der Waals surface area contributed by atoms with Crippen LogP contribution in [0.5, 0.6) is 0 Å². The summed E-state index contributed by atoms with van der Waals surface area (Å²) in [5.41, 5.74) is -2.29. The number of rotatable bonds is 4. The van der Waals surface area contributed by atoms with E-state index >= 15 is 0 Å². The summed E-state index contributed by atoms with van der Waals surface area (Å²) in [4.78, 5) is 52.2. The van der Waals surface area contributed by atoms with Gasteiger partial charge in [0.1, 0.15) is 5.56 Å². The largest absolute Gasteiger partial charge is 0.462 e. The first-order chi connectivity index (χ1) is 18.0. The number of alkyl halides is 3. The molecule has 4 aromatic rings. The standard InChI is InChI=1S/C25H22F3N5O5/c1-4-38-22(35)16-13-31(14-8-9-19-20(12-14)30(3)23(36)29(19)2)24(37)33(21(16)34)32-11-10-15-17(25(26,27)28)6-5-7-18(15)32/h5-9,12-13H,4,10-11H2,1-3H3. The van der Waals surface area contributed by atoms with Gasteiger partial charge in [-0.15, -0.1) is 0 Å². The molecule has 38 heavy (non-hydrogen) atoms. The predicted octanol–water partition coefficient (Wildman–Crippen LogP) is 2.21. The van der Waals surface area contributed by atoms with Gasteiger partial charge < -0.3 is 4.74 Å². The number of carbonyl (C=O) groups excluding carboxylic acids is 1. The van der Waals surface area contributed by atoms with Crippen LogP contribution in [-0.4, -0.2) is 37.5 Å². The summed E-state index contributed by atoms with van der Waals surface area (Å²) in [7, 11) is 3.15. The number of ether oxygens (including phenoxy) is 1. The summed E-state index contributed by atoms with van der Waals surface area (Å²) < 4.78 is 50.4. The summed E-state index contributed by atoms with van der Waals surface area (Å²) in [6.45, 7) is 1.40. The fraction of sp³-hybridized carbons (Fsp3) is 0.280. The van der Waals surface area contributed by atoms with E-state index in [-0.39, 0.29) is 42.2 Å². The van der Waals surface area contributed by atoms with Crippen molar-refractivity contribution in [2.45, 2.75) is 19.5 Å². The van der Waals surface area contributed by atoms with Crippen LogP contribution in [0.1, 0.15) is 28.4 Å². The lowest BCUT2D eigenvalue weighted by atomic mass is 10.0. The molecule has 0 fully saturated rings. The zero-order chi connectivity index (χ0) is 27.5. The second-order valence-electron chi connectivity index (χ2n) is 8.78. The first-order valence-corrected chi connectivity index (χ1v) is 11.6. The number of hydrogen-bond donors (Lipinski definition) is 0. The molecule has 0 saturated heterocycles. The van der Waals surface area contributed by atoms with Crippen molar-refractivity contribution < 1.29 is 22.7 Å². The van der Waals surface area contributed by atoms with E-state index in [4.69, 9.17) is 4.74 Å². The molecule has 0 saturated carbocycles. The molecule has 0 unspecified atom stereocenters. The molecule has 0 radical (unpaired) electrons. The number of carbonyl (C=O) groups is 1. The van der Waals surface area contributed by atoms with Gasteiger partial charge in [0, 0.05) is 26.8 Å². The Morgan fingerprint density at radius 2 is 1.71 bits per heavy atom. The molecule has 13 heteroatoms. The van der Waals surface area contributed by atoms with Crippen LogP contribution < -0.4 is 21.9 Å². The van der Waals surface area contributed by atoms with Gasteiger partial charge in [0.2, 0.25) is 0 Å². The lowest BCUT2D eigenvalue weighted by Gasteiger charge is -2.23. The van der Waals surface area contributed by atoms with Gasteiger partial charge in [-0.2, -0.15) is 17.8 Å². The number of nitrogens with zero attached hydrogens (tertiary/aromatic N) is 5. The average molecular weight is 529 g/mol. The van der Waals surface area contributed by atoms with Crippen LogP contribution in [0.2, 0.25) is 0 Å². The van der Waals surface area contributed by atoms with Crippen molar-refractivity contribution in [1.29, 1.82) is 0 Å². The van der Waals surface area contributed by atoms with Gasteiger partial charge in [0.15, 0.2) is 0 Å². The zero-order valence-electron chi connectivity index (χ0n) is 20.6. The lowest BCUT2D eigenvalue weighted by molar-refractivity contribution is -0.138. The Morgan fingerprint density at radius 3 is 2.39 bits per heavy atom. The van der Waals surface area contributed by atoms with Gasteiger partial charge >= 0.3 is 23.5 Å². The van der Waals surface area contributed by atoms with Crippen molar-refractivity contribution in [3.63, 3.8) is 0 Å². The van der Waals surface area contributed by atoms with Crippen LogP contribution >= 0.6 is 0 Å². The van der Waals surface area contributed by atoms with Crippen LogP contribution in [0, 0.1) is 0 Å². The SMILES string of the molecule is CCOC(=O)c1cn(-c2ccc3c(c2)n(C)c(=O)n3C)c(=O)n(N2CCc3c2cccc3C(F)(F)F)c1=O. The highest BCUT2D eigenvalue weighted by atomic mass is 19.4. The maximum atomic E-state index is 13.7. The molecule has 0 bridgehead atoms. The number of anilines is 1. The molecule has 0 N–H and O–H groups in total. The topological polar surface area (TPSA) is 100 Å². The molecular weight excluding hydrogens is 507 g/mol. The van der Waals surface area contributed by atoms with E-state index in [2.05, 4.69) is 0 Å². The monoisotopic (exact) mass is 529 g/mol. The molecule has 0 aliphatic carbocycles. The van der Waals surface area contributed by atoms with Crippen LogP contribution in [0.15, 0.2) is 57.0 Å². The minimum absolute atomic E-state index is 0.0347. The van der Waals surface area contributed by atoms with Crippen LogP contribution in [0.4, 0.5) is 18.9 Å². The van der Waals surface area contributed by atoms with E-state index < -0.39 is 34.5 Å². The summed E-state index contributed by atoms with van der Waals surface area (Å²) in [5, 5.41) is 1.14. The zero-order valence-corrected chi connectivity index (χ0v) is 20.6. The highest BCUT2D eigenvalue weighted by Crippen LogP contribution is 2.39. The lowest BCUT2D eigenvalue weighted by Crippen LogP contribution is -2.51. The smallest absolute Gasteiger partial charge is 0.416 e. The van der Waals surface area contributed by atoms with Crippen molar-refractivity contribution in [1.82, 2.24) is 18.4 Å². The van der Waals surface area contributed by atoms with E-state index in [1.165, 1.54) is 27.3 Å². The third-order valence-corrected chi connectivity index (χ3v) is 6.65. The Balaban J connectivity index is 1.78. The van der Waals surface area contributed by atoms with E-state index in [0.717, 1.165) is 21.8 Å². The van der Waals surface area contributed by atoms with E-state index in [0.29, 0.717) is 15.7 Å². The van der Waals surface area contributed by atoms with Crippen LogP contribution in [0.25, 0.3) is 16.7 Å². The van der Waals surface area contributed by atoms with E-state index in [9.17, 15) is 32.3 Å². The number of aromatic nitrogens is 4. The first kappa shape index (κ1) is 25.1. The highest BCUT2D eigenvalue weighted by molar-refractivity contribution is 5.89. The van der Waals surface area contributed by atoms with Crippen molar-refractivity contribution >= 4 is 22.7 Å². The summed E-state index contributed by atoms with van der Waals surface area (Å²) in [6, 6.07) is 8.21. The van der Waals surface area contributed by atoms with Crippen molar-refractivity contribution in [3.05, 3.63) is 90.6 Å². The Labute approximate surface area is 212 Å². The number of aryl methyl sites for hydroxylation is 2. The number of benzene rings is 2. The van der Waals surface area contributed by atoms with Gasteiger partial charge in [-0.1, -0.05) is 6.07 Å². The molecule has 198 valence electrons. The minimum Gasteiger partial charge on any atom is -0.462 e. The third kappa shape index (κ3) is 3.73. The second kappa shape index (κ2) is 8.78. The van der Waals surface area contributed by atoms with Gasteiger partial charge in [-0.3, -0.25) is 23.5 Å². The van der Waals surface area contributed by atoms with Crippen molar-refractivity contribution in [2.75, 3.05) is 18.2 Å². The number of esters is 1. The summed E-state index contributed by atoms with van der Waals surface area (Å²) in [5.74, 6) is -0.989. The maximum absolute atomic E-state index is 13.7. The fourth-order valence-electron chi connectivity index (χ4n) is 4.82. The van der Waals surface area contributed by atoms with E-state index in [1.54, 1.807) is 33.2 Å². The van der Waals surface area contributed by atoms with Crippen molar-refractivity contribution in [2.24, 2.45) is 14.1 Å². The third-order valence-electron chi connectivity index (χ3n) is 6.65. The number of hydrogen-bond acceptors (Lipinski definition) is 6. The summed E-state index contributed by atoms with van der Waals surface area (Å²) >= 11 is 0. The molecular formula is C25H22F3N5O5. The second-order valence-corrected chi connectivity index (χ2v) is 8.78. The molecule has 2 aromatic carbocycles. The Morgan fingerprint density at radius 1 is 1.00 bits per heavy atom. The average Bonchev–Trinajstić information content (AvgIpc) is 3.38. The molecule has 10 nitrogen and oxygen atoms in total. The molecule has 0 spiro atoms. The van der Waals surface area contributed by atoms with Gasteiger partial charge in [0.05, 0.1) is 34.6 Å². The molecule has 1 aliphatic rings. The van der Waals surface area contributed by atoms with Gasteiger partial charge in [-0.05, 0) is 49.2 Å². The van der Waals surface area contributed by atoms with Crippen LogP contribution in [-0.2, 0) is 31.4 Å². The Bertz CT molecular complexity index is 1790. The molecule has 2 aromatic heterocycles.